The first-order chi connectivity index (χ1) is 7.94. The number of nitrogens with two attached hydrogens (primary N) is 1. The number of hydrogen-bond acceptors (Lipinski definition) is 3. The molecule has 1 saturated carbocycles. The molecule has 2 rings (SSSR count). The number of hydrogen-bond donors (Lipinski definition) is 1. The Labute approximate surface area is 107 Å². The molecule has 1 aliphatic rings. The van der Waals surface area contributed by atoms with Crippen LogP contribution >= 0.6 is 11.3 Å². The monoisotopic (exact) mass is 252 g/mol. The predicted molar refractivity (Wildman–Crippen MR) is 70.8 cm³/mol. The van der Waals surface area contributed by atoms with Crippen molar-refractivity contribution in [1.29, 1.82) is 0 Å². The van der Waals surface area contributed by atoms with Gasteiger partial charge in [-0.25, -0.2) is 0 Å². The van der Waals surface area contributed by atoms with Crippen molar-refractivity contribution < 1.29 is 4.79 Å². The van der Waals surface area contributed by atoms with Crippen LogP contribution in [-0.4, -0.2) is 23.4 Å². The van der Waals surface area contributed by atoms with Gasteiger partial charge in [0.2, 0.25) is 5.91 Å². The molecule has 2 unspecified atom stereocenters. The summed E-state index contributed by atoms with van der Waals surface area (Å²) in [7, 11) is 1.85. The third kappa shape index (κ3) is 2.38. The molecule has 1 aromatic rings. The van der Waals surface area contributed by atoms with E-state index in [-0.39, 0.29) is 11.9 Å². The minimum absolute atomic E-state index is 0.0564. The molecule has 1 heterocycles. The van der Waals surface area contributed by atoms with Gasteiger partial charge in [0, 0.05) is 11.9 Å². The lowest BCUT2D eigenvalue weighted by molar-refractivity contribution is -0.137. The molecule has 17 heavy (non-hydrogen) atoms. The lowest BCUT2D eigenvalue weighted by Crippen LogP contribution is -2.54. The smallest absolute Gasteiger partial charge is 0.242 e. The van der Waals surface area contributed by atoms with Crippen molar-refractivity contribution >= 4 is 17.2 Å². The molecular formula is C13H20N2OS. The molecule has 0 aliphatic heterocycles. The summed E-state index contributed by atoms with van der Waals surface area (Å²) in [6.45, 7) is 3.91. The molecule has 0 aromatic carbocycles. The van der Waals surface area contributed by atoms with E-state index in [2.05, 4.69) is 6.07 Å². The Bertz CT molecular complexity index is 396. The van der Waals surface area contributed by atoms with Crippen molar-refractivity contribution in [2.75, 3.05) is 7.05 Å². The summed E-state index contributed by atoms with van der Waals surface area (Å²) in [6, 6.07) is 4.17. The lowest BCUT2D eigenvalue weighted by atomic mass is 9.95. The maximum absolute atomic E-state index is 12.4. The van der Waals surface area contributed by atoms with Crippen LogP contribution in [0.15, 0.2) is 17.5 Å². The highest BCUT2D eigenvalue weighted by Gasteiger charge is 2.46. The number of nitrogens with zero attached hydrogens (tertiary/aromatic N) is 1. The van der Waals surface area contributed by atoms with E-state index in [1.54, 1.807) is 16.2 Å². The van der Waals surface area contributed by atoms with Crippen LogP contribution in [0.1, 0.15) is 37.6 Å². The van der Waals surface area contributed by atoms with Gasteiger partial charge in [0.05, 0.1) is 11.6 Å². The Kier molecular flexibility index (Phi) is 3.27. The zero-order valence-corrected chi connectivity index (χ0v) is 11.5. The molecule has 1 amide bonds. The molecule has 1 aromatic heterocycles. The SMILES string of the molecule is CC(c1cccs1)N(C)C(=O)C(C)(N)C1CC1. The fourth-order valence-corrected chi connectivity index (χ4v) is 2.96. The van der Waals surface area contributed by atoms with Crippen molar-refractivity contribution in [3.63, 3.8) is 0 Å². The third-order valence-electron chi connectivity index (χ3n) is 3.74. The zero-order chi connectivity index (χ0) is 12.6. The van der Waals surface area contributed by atoms with E-state index in [1.165, 1.54) is 4.88 Å². The highest BCUT2D eigenvalue weighted by molar-refractivity contribution is 7.10. The Hall–Kier alpha value is -0.870. The summed E-state index contributed by atoms with van der Waals surface area (Å²) in [4.78, 5) is 15.4. The predicted octanol–water partition coefficient (Wildman–Crippen LogP) is 2.39. The fraction of sp³-hybridized carbons (Fsp3) is 0.615. The van der Waals surface area contributed by atoms with Crippen LogP contribution < -0.4 is 5.73 Å². The molecule has 0 spiro atoms. The number of carbonyl (C=O) groups excluding carboxylic acids is 1. The Balaban J connectivity index is 2.09. The first kappa shape index (κ1) is 12.6. The van der Waals surface area contributed by atoms with Crippen molar-refractivity contribution in [2.24, 2.45) is 11.7 Å². The summed E-state index contributed by atoms with van der Waals surface area (Å²) in [6.07, 6.45) is 2.17. The van der Waals surface area contributed by atoms with Crippen LogP contribution in [0.5, 0.6) is 0 Å². The van der Waals surface area contributed by atoms with E-state index < -0.39 is 5.54 Å². The molecule has 1 aliphatic carbocycles. The normalized spacial score (nSPS) is 20.7. The van der Waals surface area contributed by atoms with Gasteiger partial charge in [-0.15, -0.1) is 11.3 Å². The first-order valence-corrected chi connectivity index (χ1v) is 6.92. The van der Waals surface area contributed by atoms with Crippen molar-refractivity contribution in [3.05, 3.63) is 22.4 Å². The van der Waals surface area contributed by atoms with Crippen LogP contribution in [0.4, 0.5) is 0 Å². The molecular weight excluding hydrogens is 232 g/mol. The second-order valence-electron chi connectivity index (χ2n) is 5.16. The molecule has 0 saturated heterocycles. The molecule has 94 valence electrons. The lowest BCUT2D eigenvalue weighted by Gasteiger charge is -2.32. The van der Waals surface area contributed by atoms with Crippen LogP contribution in [0.2, 0.25) is 0 Å². The molecule has 1 fully saturated rings. The van der Waals surface area contributed by atoms with E-state index in [4.69, 9.17) is 5.73 Å². The van der Waals surface area contributed by atoms with Crippen LogP contribution in [0, 0.1) is 5.92 Å². The van der Waals surface area contributed by atoms with Gasteiger partial charge in [0.15, 0.2) is 0 Å². The Morgan fingerprint density at radius 2 is 2.29 bits per heavy atom. The zero-order valence-electron chi connectivity index (χ0n) is 10.6. The standard InChI is InChI=1S/C13H20N2OS/c1-9(11-5-4-8-17-11)15(3)12(16)13(2,14)10-6-7-10/h4-5,8-10H,6-7,14H2,1-3H3. The van der Waals surface area contributed by atoms with Crippen molar-refractivity contribution in [2.45, 2.75) is 38.3 Å². The second-order valence-corrected chi connectivity index (χ2v) is 6.14. The van der Waals surface area contributed by atoms with Crippen LogP contribution in [0.3, 0.4) is 0 Å². The van der Waals surface area contributed by atoms with E-state index in [1.807, 2.05) is 32.3 Å². The fourth-order valence-electron chi connectivity index (χ4n) is 2.13. The average molecular weight is 252 g/mol. The number of carbonyl (C=O) groups is 1. The van der Waals surface area contributed by atoms with Gasteiger partial charge >= 0.3 is 0 Å². The Morgan fingerprint density at radius 1 is 1.65 bits per heavy atom. The third-order valence-corrected chi connectivity index (χ3v) is 4.79. The van der Waals surface area contributed by atoms with Crippen molar-refractivity contribution in [1.82, 2.24) is 4.90 Å². The van der Waals surface area contributed by atoms with E-state index >= 15 is 0 Å². The van der Waals surface area contributed by atoms with E-state index in [0.717, 1.165) is 12.8 Å². The van der Waals surface area contributed by atoms with E-state index in [0.29, 0.717) is 5.92 Å². The molecule has 3 nitrogen and oxygen atoms in total. The highest BCUT2D eigenvalue weighted by atomic mass is 32.1. The highest BCUT2D eigenvalue weighted by Crippen LogP contribution is 2.39. The molecule has 4 heteroatoms. The summed E-state index contributed by atoms with van der Waals surface area (Å²) in [5.41, 5.74) is 5.48. The molecule has 0 radical (unpaired) electrons. The quantitative estimate of drug-likeness (QED) is 0.894. The number of likely N-dealkylation sites (N-methyl/N-ethyl adjacent to an activating group) is 1. The van der Waals surface area contributed by atoms with Gasteiger partial charge in [0.25, 0.3) is 0 Å². The molecule has 2 N–H and O–H groups in total. The number of thiophene rings is 1. The largest absolute Gasteiger partial charge is 0.337 e. The van der Waals surface area contributed by atoms with Gasteiger partial charge in [-0.2, -0.15) is 0 Å². The summed E-state index contributed by atoms with van der Waals surface area (Å²) < 4.78 is 0. The van der Waals surface area contributed by atoms with Gasteiger partial charge in [-0.3, -0.25) is 4.79 Å². The van der Waals surface area contributed by atoms with Crippen molar-refractivity contribution in [3.8, 4) is 0 Å². The van der Waals surface area contributed by atoms with Gasteiger partial charge in [0.1, 0.15) is 0 Å². The second kappa shape index (κ2) is 4.42. The maximum atomic E-state index is 12.4. The molecule has 2 atom stereocenters. The van der Waals surface area contributed by atoms with Gasteiger partial charge in [-0.05, 0) is 44.1 Å². The first-order valence-electron chi connectivity index (χ1n) is 6.04. The number of amides is 1. The van der Waals surface area contributed by atoms with Crippen LogP contribution in [-0.2, 0) is 4.79 Å². The maximum Gasteiger partial charge on any atom is 0.242 e. The van der Waals surface area contributed by atoms with Gasteiger partial charge < -0.3 is 10.6 Å². The minimum atomic E-state index is -0.694. The average Bonchev–Trinajstić information content (AvgIpc) is 3.03. The molecule has 0 bridgehead atoms. The topological polar surface area (TPSA) is 46.3 Å². The van der Waals surface area contributed by atoms with E-state index in [9.17, 15) is 4.79 Å². The van der Waals surface area contributed by atoms with Gasteiger partial charge in [-0.1, -0.05) is 6.07 Å². The number of rotatable bonds is 4. The Morgan fingerprint density at radius 3 is 2.76 bits per heavy atom. The summed E-state index contributed by atoms with van der Waals surface area (Å²) in [5, 5.41) is 2.03. The summed E-state index contributed by atoms with van der Waals surface area (Å²) in [5.74, 6) is 0.425. The summed E-state index contributed by atoms with van der Waals surface area (Å²) >= 11 is 1.68. The minimum Gasteiger partial charge on any atom is -0.337 e. The van der Waals surface area contributed by atoms with Crippen LogP contribution in [0.25, 0.3) is 0 Å².